The van der Waals surface area contributed by atoms with Crippen molar-refractivity contribution in [3.05, 3.63) is 29.8 Å². The maximum absolute atomic E-state index is 12.0. The van der Waals surface area contributed by atoms with Crippen molar-refractivity contribution in [3.8, 4) is 5.75 Å². The van der Waals surface area contributed by atoms with E-state index in [1.165, 1.54) is 0 Å². The molecule has 1 aliphatic heterocycles. The maximum atomic E-state index is 12.0. The van der Waals surface area contributed by atoms with Gasteiger partial charge in [0.25, 0.3) is 0 Å². The number of benzene rings is 1. The second kappa shape index (κ2) is 10.3. The van der Waals surface area contributed by atoms with Crippen molar-refractivity contribution in [2.24, 2.45) is 4.99 Å². The maximum Gasteiger partial charge on any atom is 0.410 e. The molecule has 0 aliphatic carbocycles. The largest absolute Gasteiger partial charge is 0.492 e. The Kier molecular flexibility index (Phi) is 8.13. The summed E-state index contributed by atoms with van der Waals surface area (Å²) in [5.41, 5.74) is 0.636. The van der Waals surface area contributed by atoms with Gasteiger partial charge in [0, 0.05) is 33.2 Å². The molecule has 1 aliphatic rings. The van der Waals surface area contributed by atoms with Gasteiger partial charge in [0.1, 0.15) is 18.0 Å². The van der Waals surface area contributed by atoms with Gasteiger partial charge in [-0.3, -0.25) is 4.99 Å². The van der Waals surface area contributed by atoms with Gasteiger partial charge in [-0.05, 0) is 52.6 Å². The summed E-state index contributed by atoms with van der Waals surface area (Å²) in [6.45, 7) is 8.98. The lowest BCUT2D eigenvalue weighted by Gasteiger charge is -2.40. The second-order valence-electron chi connectivity index (χ2n) is 8.45. The number of rotatable bonds is 7. The molecule has 162 valence electrons. The van der Waals surface area contributed by atoms with Crippen molar-refractivity contribution in [3.63, 3.8) is 0 Å². The molecule has 0 radical (unpaired) electrons. The molecular formula is C21H35N5O3. The van der Waals surface area contributed by atoms with Gasteiger partial charge >= 0.3 is 6.09 Å². The van der Waals surface area contributed by atoms with E-state index in [4.69, 9.17) is 9.47 Å². The van der Waals surface area contributed by atoms with Crippen molar-refractivity contribution in [1.29, 1.82) is 0 Å². The number of hydrogen-bond donors (Lipinski definition) is 2. The third-order valence-electron chi connectivity index (χ3n) is 4.26. The first-order valence-corrected chi connectivity index (χ1v) is 9.98. The zero-order chi connectivity index (χ0) is 21.4. The fraction of sp³-hybridized carbons (Fsp3) is 0.619. The number of carbonyl (C=O) groups is 1. The van der Waals surface area contributed by atoms with Gasteiger partial charge in [0.05, 0.1) is 6.04 Å². The van der Waals surface area contributed by atoms with Gasteiger partial charge in [0.15, 0.2) is 5.96 Å². The Bertz CT molecular complexity index is 694. The van der Waals surface area contributed by atoms with E-state index in [9.17, 15) is 4.79 Å². The number of likely N-dealkylation sites (tertiary alicyclic amines) is 1. The van der Waals surface area contributed by atoms with Crippen LogP contribution in [0.15, 0.2) is 29.3 Å². The zero-order valence-electron chi connectivity index (χ0n) is 18.5. The van der Waals surface area contributed by atoms with Gasteiger partial charge in [-0.25, -0.2) is 4.79 Å². The monoisotopic (exact) mass is 405 g/mol. The van der Waals surface area contributed by atoms with Crippen LogP contribution in [0.4, 0.5) is 4.79 Å². The highest BCUT2D eigenvalue weighted by atomic mass is 16.6. The van der Waals surface area contributed by atoms with Gasteiger partial charge in [0.2, 0.25) is 0 Å². The van der Waals surface area contributed by atoms with Crippen LogP contribution in [0.3, 0.4) is 0 Å². The van der Waals surface area contributed by atoms with Crippen LogP contribution >= 0.6 is 0 Å². The number of ether oxygens (including phenoxy) is 2. The third kappa shape index (κ3) is 8.19. The van der Waals surface area contributed by atoms with E-state index in [1.54, 1.807) is 11.9 Å². The number of aliphatic imine (C=N–C) groups is 1. The average Bonchev–Trinajstić information content (AvgIpc) is 2.58. The Morgan fingerprint density at radius 1 is 1.31 bits per heavy atom. The molecule has 1 saturated heterocycles. The van der Waals surface area contributed by atoms with Crippen molar-refractivity contribution >= 4 is 12.1 Å². The van der Waals surface area contributed by atoms with E-state index >= 15 is 0 Å². The Hall–Kier alpha value is -2.48. The Morgan fingerprint density at radius 2 is 2.03 bits per heavy atom. The van der Waals surface area contributed by atoms with Crippen LogP contribution in [0, 0.1) is 0 Å². The summed E-state index contributed by atoms with van der Waals surface area (Å²) in [4.78, 5) is 20.1. The molecule has 0 spiro atoms. The van der Waals surface area contributed by atoms with Gasteiger partial charge in [-0.1, -0.05) is 12.1 Å². The normalized spacial score (nSPS) is 15.1. The van der Waals surface area contributed by atoms with Crippen molar-refractivity contribution in [2.45, 2.75) is 39.0 Å². The molecule has 1 aromatic carbocycles. The molecule has 0 atom stereocenters. The average molecular weight is 406 g/mol. The van der Waals surface area contributed by atoms with E-state index in [0.29, 0.717) is 32.2 Å². The van der Waals surface area contributed by atoms with Crippen LogP contribution < -0.4 is 15.4 Å². The summed E-state index contributed by atoms with van der Waals surface area (Å²) in [5, 5.41) is 6.64. The van der Waals surface area contributed by atoms with Gasteiger partial charge < -0.3 is 29.9 Å². The summed E-state index contributed by atoms with van der Waals surface area (Å²) in [7, 11) is 5.79. The van der Waals surface area contributed by atoms with Gasteiger partial charge in [-0.15, -0.1) is 0 Å². The smallest absolute Gasteiger partial charge is 0.410 e. The van der Waals surface area contributed by atoms with Crippen LogP contribution in [0.5, 0.6) is 5.75 Å². The lowest BCUT2D eigenvalue weighted by molar-refractivity contribution is 0.00701. The van der Waals surface area contributed by atoms with E-state index in [1.807, 2.05) is 59.1 Å². The van der Waals surface area contributed by atoms with E-state index in [-0.39, 0.29) is 12.1 Å². The highest BCUT2D eigenvalue weighted by Gasteiger charge is 2.34. The fourth-order valence-electron chi connectivity index (χ4n) is 2.71. The molecule has 1 heterocycles. The van der Waals surface area contributed by atoms with E-state index < -0.39 is 5.60 Å². The van der Waals surface area contributed by atoms with Crippen LogP contribution in [0.1, 0.15) is 26.3 Å². The Morgan fingerprint density at radius 3 is 2.66 bits per heavy atom. The van der Waals surface area contributed by atoms with E-state index in [2.05, 4.69) is 20.5 Å². The van der Waals surface area contributed by atoms with Crippen LogP contribution in [0.2, 0.25) is 0 Å². The molecule has 1 aromatic rings. The highest BCUT2D eigenvalue weighted by Crippen LogP contribution is 2.15. The molecule has 8 heteroatoms. The lowest BCUT2D eigenvalue weighted by Crippen LogP contribution is -2.63. The summed E-state index contributed by atoms with van der Waals surface area (Å²) in [6, 6.07) is 8.19. The molecule has 0 unspecified atom stereocenters. The first-order valence-electron chi connectivity index (χ1n) is 9.98. The minimum absolute atomic E-state index is 0.161. The number of carbonyl (C=O) groups excluding carboxylic acids is 1. The number of likely N-dealkylation sites (N-methyl/N-ethyl adjacent to an activating group) is 1. The number of nitrogens with zero attached hydrogens (tertiary/aromatic N) is 3. The number of guanidine groups is 1. The van der Waals surface area contributed by atoms with E-state index in [0.717, 1.165) is 17.9 Å². The minimum Gasteiger partial charge on any atom is -0.492 e. The minimum atomic E-state index is -0.474. The molecule has 8 nitrogen and oxygen atoms in total. The Balaban J connectivity index is 1.74. The molecular weight excluding hydrogens is 370 g/mol. The molecule has 2 N–H and O–H groups in total. The van der Waals surface area contributed by atoms with Crippen LogP contribution in [-0.2, 0) is 11.3 Å². The summed E-state index contributed by atoms with van der Waals surface area (Å²) in [5.74, 6) is 1.57. The fourth-order valence-corrected chi connectivity index (χ4v) is 2.71. The molecule has 0 bridgehead atoms. The van der Waals surface area contributed by atoms with Crippen molar-refractivity contribution in [2.75, 3.05) is 47.4 Å². The molecule has 29 heavy (non-hydrogen) atoms. The summed E-state index contributed by atoms with van der Waals surface area (Å²) < 4.78 is 11.2. The van der Waals surface area contributed by atoms with Crippen LogP contribution in [-0.4, -0.2) is 80.9 Å². The molecule has 1 amide bonds. The molecule has 1 fully saturated rings. The summed E-state index contributed by atoms with van der Waals surface area (Å²) in [6.07, 6.45) is -0.274. The zero-order valence-corrected chi connectivity index (χ0v) is 18.5. The number of hydrogen-bond acceptors (Lipinski definition) is 5. The third-order valence-corrected chi connectivity index (χ3v) is 4.26. The second-order valence-corrected chi connectivity index (χ2v) is 8.45. The van der Waals surface area contributed by atoms with Crippen LogP contribution in [0.25, 0.3) is 0 Å². The first-order chi connectivity index (χ1) is 13.7. The quantitative estimate of drug-likeness (QED) is 0.533. The highest BCUT2D eigenvalue weighted by molar-refractivity contribution is 5.80. The lowest BCUT2D eigenvalue weighted by atomic mass is 10.1. The number of amides is 1. The first kappa shape index (κ1) is 22.8. The van der Waals surface area contributed by atoms with Crippen molar-refractivity contribution in [1.82, 2.24) is 20.4 Å². The molecule has 2 rings (SSSR count). The predicted molar refractivity (Wildman–Crippen MR) is 115 cm³/mol. The van der Waals surface area contributed by atoms with Gasteiger partial charge in [-0.2, -0.15) is 0 Å². The molecule has 0 saturated carbocycles. The Labute approximate surface area is 174 Å². The topological polar surface area (TPSA) is 78.4 Å². The summed E-state index contributed by atoms with van der Waals surface area (Å²) >= 11 is 0. The molecule has 0 aromatic heterocycles. The van der Waals surface area contributed by atoms with Crippen molar-refractivity contribution < 1.29 is 14.3 Å². The predicted octanol–water partition coefficient (Wildman–Crippen LogP) is 1.91. The number of nitrogens with one attached hydrogen (secondary N) is 2. The SMILES string of the molecule is CN=C(NCc1cccc(OCCN(C)C)c1)NC1CN(C(=O)OC(C)(C)C)C1. The standard InChI is InChI=1S/C21H35N5O3/c1-21(2,3)29-20(27)26-14-17(15-26)24-19(22-4)23-13-16-8-7-9-18(12-16)28-11-10-25(5)6/h7-9,12,17H,10-11,13-15H2,1-6H3,(H2,22,23,24).